The molecule has 2 saturated carbocycles. The van der Waals surface area contributed by atoms with Gasteiger partial charge in [-0.05, 0) is 19.3 Å². The maximum atomic E-state index is 11.3. The van der Waals surface area contributed by atoms with Crippen LogP contribution in [0.4, 0.5) is 0 Å². The molecular weight excluding hydrogens is 196 g/mol. The fourth-order valence-corrected chi connectivity index (χ4v) is 1.87. The smallest absolute Gasteiger partial charge is 0.217 e. The van der Waals surface area contributed by atoms with E-state index in [0.717, 1.165) is 12.8 Å². The van der Waals surface area contributed by atoms with Gasteiger partial charge < -0.3 is 11.1 Å². The third-order valence-corrected chi connectivity index (χ3v) is 2.96. The molecule has 0 heterocycles. The summed E-state index contributed by atoms with van der Waals surface area (Å²) in [6.07, 6.45) is 2.71. The Morgan fingerprint density at radius 3 is 2.53 bits per heavy atom. The lowest BCUT2D eigenvalue weighted by Gasteiger charge is -2.33. The van der Waals surface area contributed by atoms with Crippen molar-refractivity contribution in [3.63, 3.8) is 0 Å². The highest BCUT2D eigenvalue weighted by atomic mass is 16.2. The third-order valence-electron chi connectivity index (χ3n) is 2.96. The molecule has 0 aromatic rings. The zero-order valence-electron chi connectivity index (χ0n) is 8.36. The molecule has 5 nitrogen and oxygen atoms in total. The highest BCUT2D eigenvalue weighted by Gasteiger charge is 2.49. The number of primary amides is 1. The standard InChI is InChI=1S/C10H14N2O3/c11-7(13)4-3-6-8(10(15)9(6)14)12-5-1-2-5/h5-6,8,12H,1-4H2,(H2,11,13). The van der Waals surface area contributed by atoms with Crippen molar-refractivity contribution < 1.29 is 14.4 Å². The summed E-state index contributed by atoms with van der Waals surface area (Å²) < 4.78 is 0. The van der Waals surface area contributed by atoms with Crippen molar-refractivity contribution in [1.29, 1.82) is 0 Å². The molecule has 2 atom stereocenters. The van der Waals surface area contributed by atoms with E-state index in [1.165, 1.54) is 0 Å². The van der Waals surface area contributed by atoms with E-state index in [4.69, 9.17) is 5.73 Å². The summed E-state index contributed by atoms with van der Waals surface area (Å²) in [6.45, 7) is 0. The van der Waals surface area contributed by atoms with Gasteiger partial charge in [-0.25, -0.2) is 0 Å². The molecule has 0 aromatic carbocycles. The lowest BCUT2D eigenvalue weighted by Crippen LogP contribution is -2.60. The summed E-state index contributed by atoms with van der Waals surface area (Å²) in [6, 6.07) is 0.0347. The number of carbonyl (C=O) groups excluding carboxylic acids is 3. The van der Waals surface area contributed by atoms with Crippen molar-refractivity contribution in [3.05, 3.63) is 0 Å². The van der Waals surface area contributed by atoms with E-state index in [1.54, 1.807) is 0 Å². The molecular formula is C10H14N2O3. The lowest BCUT2D eigenvalue weighted by atomic mass is 9.74. The average Bonchev–Trinajstić information content (AvgIpc) is 2.99. The number of ketones is 2. The molecule has 5 heteroatoms. The molecule has 0 radical (unpaired) electrons. The Morgan fingerprint density at radius 2 is 2.00 bits per heavy atom. The van der Waals surface area contributed by atoms with Crippen molar-refractivity contribution in [1.82, 2.24) is 5.32 Å². The summed E-state index contributed by atoms with van der Waals surface area (Å²) in [5.41, 5.74) is 5.00. The van der Waals surface area contributed by atoms with E-state index in [0.29, 0.717) is 12.5 Å². The molecule has 2 fully saturated rings. The van der Waals surface area contributed by atoms with Crippen LogP contribution in [0.15, 0.2) is 0 Å². The quantitative estimate of drug-likeness (QED) is 0.578. The van der Waals surface area contributed by atoms with E-state index < -0.39 is 5.91 Å². The summed E-state index contributed by atoms with van der Waals surface area (Å²) in [4.78, 5) is 33.1. The predicted octanol–water partition coefficient (Wildman–Crippen LogP) is -0.859. The van der Waals surface area contributed by atoms with Crippen molar-refractivity contribution in [3.8, 4) is 0 Å². The van der Waals surface area contributed by atoms with Gasteiger partial charge in [-0.2, -0.15) is 0 Å². The monoisotopic (exact) mass is 210 g/mol. The van der Waals surface area contributed by atoms with Crippen LogP contribution in [0, 0.1) is 5.92 Å². The Bertz CT molecular complexity index is 323. The van der Waals surface area contributed by atoms with E-state index in [2.05, 4.69) is 5.32 Å². The van der Waals surface area contributed by atoms with Crippen LogP contribution in [0.1, 0.15) is 25.7 Å². The summed E-state index contributed by atoms with van der Waals surface area (Å²) in [7, 11) is 0. The Kier molecular flexibility index (Phi) is 2.56. The summed E-state index contributed by atoms with van der Waals surface area (Å²) in [5, 5.41) is 3.12. The minimum Gasteiger partial charge on any atom is -0.370 e. The predicted molar refractivity (Wildman–Crippen MR) is 51.9 cm³/mol. The Hall–Kier alpha value is -1.23. The van der Waals surface area contributed by atoms with Crippen molar-refractivity contribution in [2.75, 3.05) is 0 Å². The number of hydrogen-bond acceptors (Lipinski definition) is 4. The molecule has 2 unspecified atom stereocenters. The Balaban J connectivity index is 1.87. The molecule has 0 saturated heterocycles. The van der Waals surface area contributed by atoms with Gasteiger partial charge in [-0.3, -0.25) is 14.4 Å². The van der Waals surface area contributed by atoms with Gasteiger partial charge in [-0.15, -0.1) is 0 Å². The van der Waals surface area contributed by atoms with Crippen molar-refractivity contribution in [2.45, 2.75) is 37.8 Å². The van der Waals surface area contributed by atoms with Crippen LogP contribution < -0.4 is 11.1 Å². The van der Waals surface area contributed by atoms with E-state index in [9.17, 15) is 14.4 Å². The SMILES string of the molecule is NC(=O)CCC1C(=O)C(=O)C1NC1CC1. The first-order valence-electron chi connectivity index (χ1n) is 5.22. The molecule has 2 rings (SSSR count). The molecule has 3 N–H and O–H groups in total. The van der Waals surface area contributed by atoms with Crippen LogP contribution in [0.3, 0.4) is 0 Å². The van der Waals surface area contributed by atoms with Crippen LogP contribution in [0.2, 0.25) is 0 Å². The highest BCUT2D eigenvalue weighted by molar-refractivity contribution is 6.47. The van der Waals surface area contributed by atoms with Gasteiger partial charge in [0.25, 0.3) is 0 Å². The van der Waals surface area contributed by atoms with Gasteiger partial charge in [0, 0.05) is 18.4 Å². The zero-order chi connectivity index (χ0) is 11.0. The van der Waals surface area contributed by atoms with Crippen LogP contribution >= 0.6 is 0 Å². The van der Waals surface area contributed by atoms with E-state index in [-0.39, 0.29) is 29.9 Å². The second-order valence-corrected chi connectivity index (χ2v) is 4.26. The first-order valence-corrected chi connectivity index (χ1v) is 5.22. The number of carbonyl (C=O) groups is 3. The van der Waals surface area contributed by atoms with Gasteiger partial charge in [0.2, 0.25) is 17.5 Å². The van der Waals surface area contributed by atoms with Gasteiger partial charge in [0.15, 0.2) is 0 Å². The first kappa shape index (κ1) is 10.3. The van der Waals surface area contributed by atoms with Crippen molar-refractivity contribution >= 4 is 17.5 Å². The minimum atomic E-state index is -0.424. The number of Topliss-reactive ketones (excluding diaryl/α,β-unsaturated/α-hetero) is 2. The third kappa shape index (κ3) is 2.07. The van der Waals surface area contributed by atoms with Crippen LogP contribution in [-0.2, 0) is 14.4 Å². The van der Waals surface area contributed by atoms with Gasteiger partial charge in [0.05, 0.1) is 6.04 Å². The zero-order valence-corrected chi connectivity index (χ0v) is 8.36. The molecule has 2 aliphatic carbocycles. The molecule has 0 aromatic heterocycles. The molecule has 0 aliphatic heterocycles. The highest BCUT2D eigenvalue weighted by Crippen LogP contribution is 2.29. The first-order chi connectivity index (χ1) is 7.09. The minimum absolute atomic E-state index is 0.173. The van der Waals surface area contributed by atoms with Crippen LogP contribution in [-0.4, -0.2) is 29.6 Å². The number of amides is 1. The molecule has 0 bridgehead atoms. The topological polar surface area (TPSA) is 89.3 Å². The number of nitrogens with two attached hydrogens (primary N) is 1. The fourth-order valence-electron chi connectivity index (χ4n) is 1.87. The van der Waals surface area contributed by atoms with Crippen LogP contribution in [0.25, 0.3) is 0 Å². The maximum absolute atomic E-state index is 11.3. The molecule has 1 amide bonds. The normalized spacial score (nSPS) is 30.1. The Morgan fingerprint density at radius 1 is 1.33 bits per heavy atom. The second-order valence-electron chi connectivity index (χ2n) is 4.26. The van der Waals surface area contributed by atoms with Crippen molar-refractivity contribution in [2.24, 2.45) is 11.7 Å². The number of rotatable bonds is 5. The second kappa shape index (κ2) is 3.73. The van der Waals surface area contributed by atoms with E-state index in [1.807, 2.05) is 0 Å². The molecule has 2 aliphatic rings. The number of nitrogens with one attached hydrogen (secondary N) is 1. The fraction of sp³-hybridized carbons (Fsp3) is 0.700. The van der Waals surface area contributed by atoms with Crippen LogP contribution in [0.5, 0.6) is 0 Å². The van der Waals surface area contributed by atoms with Gasteiger partial charge in [0.1, 0.15) is 0 Å². The molecule has 0 spiro atoms. The van der Waals surface area contributed by atoms with Gasteiger partial charge >= 0.3 is 0 Å². The molecule has 82 valence electrons. The lowest BCUT2D eigenvalue weighted by molar-refractivity contribution is -0.150. The van der Waals surface area contributed by atoms with E-state index >= 15 is 0 Å². The Labute approximate surface area is 87.4 Å². The van der Waals surface area contributed by atoms with Gasteiger partial charge in [-0.1, -0.05) is 0 Å². The largest absolute Gasteiger partial charge is 0.370 e. The average molecular weight is 210 g/mol. The number of hydrogen-bond donors (Lipinski definition) is 2. The molecule has 15 heavy (non-hydrogen) atoms. The summed E-state index contributed by atoms with van der Waals surface area (Å²) >= 11 is 0. The summed E-state index contributed by atoms with van der Waals surface area (Å²) in [5.74, 6) is -1.44. The maximum Gasteiger partial charge on any atom is 0.217 e.